The SMILES string of the molecule is Cc1csc(C2CCCN2C(=O)c2ccccc2[N+](=O)[O-])n1. The molecule has 114 valence electrons. The fourth-order valence-electron chi connectivity index (χ4n) is 2.76. The maximum atomic E-state index is 12.8. The van der Waals surface area contributed by atoms with Gasteiger partial charge in [-0.1, -0.05) is 12.1 Å². The highest BCUT2D eigenvalue weighted by molar-refractivity contribution is 7.09. The van der Waals surface area contributed by atoms with E-state index in [1.165, 1.54) is 23.5 Å². The van der Waals surface area contributed by atoms with E-state index in [1.807, 2.05) is 12.3 Å². The number of hydrogen-bond acceptors (Lipinski definition) is 5. The number of carbonyl (C=O) groups excluding carboxylic acids is 1. The molecule has 1 aromatic carbocycles. The lowest BCUT2D eigenvalue weighted by molar-refractivity contribution is -0.385. The van der Waals surface area contributed by atoms with E-state index in [9.17, 15) is 14.9 Å². The standard InChI is InChI=1S/C15H15N3O3S/c1-10-9-22-14(16-10)13-7-4-8-17(13)15(19)11-5-2-3-6-12(11)18(20)21/h2-3,5-6,9,13H,4,7-8H2,1H3. The van der Waals surface area contributed by atoms with Gasteiger partial charge < -0.3 is 4.90 Å². The molecule has 0 N–H and O–H groups in total. The number of nitro benzene ring substituents is 1. The Bertz CT molecular complexity index is 728. The monoisotopic (exact) mass is 317 g/mol. The van der Waals surface area contributed by atoms with Crippen molar-refractivity contribution in [2.24, 2.45) is 0 Å². The Morgan fingerprint density at radius 3 is 2.91 bits per heavy atom. The second-order valence-electron chi connectivity index (χ2n) is 5.26. The predicted molar refractivity (Wildman–Crippen MR) is 83.0 cm³/mol. The number of thiazole rings is 1. The van der Waals surface area contributed by atoms with Crippen molar-refractivity contribution in [1.29, 1.82) is 0 Å². The summed E-state index contributed by atoms with van der Waals surface area (Å²) in [5.74, 6) is -0.289. The molecular formula is C15H15N3O3S. The van der Waals surface area contributed by atoms with Crippen molar-refractivity contribution < 1.29 is 9.72 Å². The maximum absolute atomic E-state index is 12.8. The highest BCUT2D eigenvalue weighted by Gasteiger charge is 2.34. The molecule has 1 atom stereocenters. The van der Waals surface area contributed by atoms with E-state index in [0.29, 0.717) is 6.54 Å². The van der Waals surface area contributed by atoms with Crippen LogP contribution in [0, 0.1) is 17.0 Å². The summed E-state index contributed by atoms with van der Waals surface area (Å²) in [7, 11) is 0. The zero-order valence-electron chi connectivity index (χ0n) is 12.1. The van der Waals surface area contributed by atoms with Gasteiger partial charge in [0.1, 0.15) is 10.6 Å². The van der Waals surface area contributed by atoms with Crippen LogP contribution < -0.4 is 0 Å². The number of likely N-dealkylation sites (tertiary alicyclic amines) is 1. The number of carbonyl (C=O) groups is 1. The molecule has 0 bridgehead atoms. The summed E-state index contributed by atoms with van der Waals surface area (Å²) in [6.07, 6.45) is 1.73. The minimum atomic E-state index is -0.508. The first-order chi connectivity index (χ1) is 10.6. The van der Waals surface area contributed by atoms with Crippen LogP contribution in [-0.2, 0) is 0 Å². The van der Waals surface area contributed by atoms with Crippen LogP contribution in [-0.4, -0.2) is 27.3 Å². The second kappa shape index (κ2) is 5.84. The van der Waals surface area contributed by atoms with Crippen LogP contribution in [0.3, 0.4) is 0 Å². The molecule has 3 rings (SSSR count). The molecule has 7 heteroatoms. The molecule has 2 heterocycles. The Hall–Kier alpha value is -2.28. The lowest BCUT2D eigenvalue weighted by atomic mass is 10.1. The third-order valence-electron chi connectivity index (χ3n) is 3.77. The Morgan fingerprint density at radius 1 is 1.45 bits per heavy atom. The predicted octanol–water partition coefficient (Wildman–Crippen LogP) is 3.34. The second-order valence-corrected chi connectivity index (χ2v) is 6.15. The number of hydrogen-bond donors (Lipinski definition) is 0. The summed E-state index contributed by atoms with van der Waals surface area (Å²) < 4.78 is 0. The molecule has 1 fully saturated rings. The first-order valence-electron chi connectivity index (χ1n) is 7.04. The summed E-state index contributed by atoms with van der Waals surface area (Å²) >= 11 is 1.53. The Kier molecular flexibility index (Phi) is 3.89. The summed E-state index contributed by atoms with van der Waals surface area (Å²) in [4.78, 5) is 29.5. The highest BCUT2D eigenvalue weighted by Crippen LogP contribution is 2.35. The molecule has 2 aromatic rings. The molecule has 1 aliphatic heterocycles. The lowest BCUT2D eigenvalue weighted by Gasteiger charge is -2.23. The van der Waals surface area contributed by atoms with Gasteiger partial charge >= 0.3 is 0 Å². The van der Waals surface area contributed by atoms with Crippen molar-refractivity contribution in [3.63, 3.8) is 0 Å². The molecule has 6 nitrogen and oxygen atoms in total. The molecule has 1 aromatic heterocycles. The Labute approximate surface area is 131 Å². The number of nitrogens with zero attached hydrogens (tertiary/aromatic N) is 3. The number of aromatic nitrogens is 1. The highest BCUT2D eigenvalue weighted by atomic mass is 32.1. The number of aryl methyl sites for hydroxylation is 1. The number of nitro groups is 1. The van der Waals surface area contributed by atoms with Gasteiger partial charge in [-0.05, 0) is 25.8 Å². The first kappa shape index (κ1) is 14.6. The van der Waals surface area contributed by atoms with Crippen molar-refractivity contribution in [3.8, 4) is 0 Å². The van der Waals surface area contributed by atoms with Crippen LogP contribution in [0.1, 0.15) is 39.9 Å². The van der Waals surface area contributed by atoms with Gasteiger partial charge in [-0.25, -0.2) is 4.98 Å². The van der Waals surface area contributed by atoms with Gasteiger partial charge in [-0.3, -0.25) is 14.9 Å². The number of amides is 1. The van der Waals surface area contributed by atoms with Crippen molar-refractivity contribution in [2.75, 3.05) is 6.54 Å². The molecule has 0 aliphatic carbocycles. The summed E-state index contributed by atoms with van der Waals surface area (Å²) in [6.45, 7) is 2.53. The normalized spacial score (nSPS) is 17.7. The number of rotatable bonds is 3. The maximum Gasteiger partial charge on any atom is 0.282 e. The third kappa shape index (κ3) is 2.59. The van der Waals surface area contributed by atoms with Crippen LogP contribution in [0.15, 0.2) is 29.6 Å². The zero-order valence-corrected chi connectivity index (χ0v) is 12.9. The van der Waals surface area contributed by atoms with Gasteiger partial charge in [0.25, 0.3) is 11.6 Å². The van der Waals surface area contributed by atoms with Gasteiger partial charge in [-0.15, -0.1) is 11.3 Å². The largest absolute Gasteiger partial charge is 0.329 e. The van der Waals surface area contributed by atoms with Gasteiger partial charge in [0, 0.05) is 23.7 Å². The summed E-state index contributed by atoms with van der Waals surface area (Å²) in [6, 6.07) is 6.03. The molecule has 22 heavy (non-hydrogen) atoms. The number of benzene rings is 1. The van der Waals surface area contributed by atoms with E-state index in [1.54, 1.807) is 17.0 Å². The van der Waals surface area contributed by atoms with Crippen molar-refractivity contribution in [3.05, 3.63) is 56.0 Å². The average Bonchev–Trinajstić information content (AvgIpc) is 3.14. The minimum absolute atomic E-state index is 0.0778. The van der Waals surface area contributed by atoms with Gasteiger partial charge in [0.05, 0.1) is 11.0 Å². The lowest BCUT2D eigenvalue weighted by Crippen LogP contribution is -2.31. The molecule has 0 radical (unpaired) electrons. The fourth-order valence-corrected chi connectivity index (χ4v) is 3.70. The molecule has 1 amide bonds. The van der Waals surface area contributed by atoms with E-state index in [2.05, 4.69) is 4.98 Å². The van der Waals surface area contributed by atoms with Crippen LogP contribution in [0.4, 0.5) is 5.69 Å². The van der Waals surface area contributed by atoms with Gasteiger partial charge in [0.15, 0.2) is 0 Å². The van der Waals surface area contributed by atoms with Gasteiger partial charge in [0.2, 0.25) is 0 Å². The zero-order chi connectivity index (χ0) is 15.7. The first-order valence-corrected chi connectivity index (χ1v) is 7.92. The van der Waals surface area contributed by atoms with E-state index >= 15 is 0 Å². The third-order valence-corrected chi connectivity index (χ3v) is 4.83. The van der Waals surface area contributed by atoms with E-state index in [4.69, 9.17) is 0 Å². The van der Waals surface area contributed by atoms with E-state index in [-0.39, 0.29) is 23.2 Å². The minimum Gasteiger partial charge on any atom is -0.329 e. The molecular weight excluding hydrogens is 302 g/mol. The van der Waals surface area contributed by atoms with Crippen LogP contribution in [0.5, 0.6) is 0 Å². The molecule has 1 unspecified atom stereocenters. The molecule has 0 spiro atoms. The van der Waals surface area contributed by atoms with Crippen molar-refractivity contribution >= 4 is 22.9 Å². The Balaban J connectivity index is 1.93. The smallest absolute Gasteiger partial charge is 0.282 e. The summed E-state index contributed by atoms with van der Waals surface area (Å²) in [5.41, 5.74) is 0.936. The molecule has 0 saturated carbocycles. The van der Waals surface area contributed by atoms with Crippen LogP contribution >= 0.6 is 11.3 Å². The molecule has 1 aliphatic rings. The topological polar surface area (TPSA) is 76.3 Å². The van der Waals surface area contributed by atoms with Crippen molar-refractivity contribution in [1.82, 2.24) is 9.88 Å². The Morgan fingerprint density at radius 2 is 2.23 bits per heavy atom. The van der Waals surface area contributed by atoms with Crippen LogP contribution in [0.25, 0.3) is 0 Å². The van der Waals surface area contributed by atoms with E-state index < -0.39 is 4.92 Å². The summed E-state index contributed by atoms with van der Waals surface area (Å²) in [5, 5.41) is 14.0. The number of para-hydroxylation sites is 1. The fraction of sp³-hybridized carbons (Fsp3) is 0.333. The molecule has 1 saturated heterocycles. The van der Waals surface area contributed by atoms with Gasteiger partial charge in [-0.2, -0.15) is 0 Å². The van der Waals surface area contributed by atoms with Crippen LogP contribution in [0.2, 0.25) is 0 Å². The quantitative estimate of drug-likeness (QED) is 0.642. The average molecular weight is 317 g/mol. The van der Waals surface area contributed by atoms with Crippen molar-refractivity contribution in [2.45, 2.75) is 25.8 Å². The van der Waals surface area contributed by atoms with E-state index in [0.717, 1.165) is 23.5 Å².